The lowest BCUT2D eigenvalue weighted by Crippen LogP contribution is -2.08. The van der Waals surface area contributed by atoms with Crippen molar-refractivity contribution >= 4 is 17.1 Å². The molecule has 128 valence electrons. The summed E-state index contributed by atoms with van der Waals surface area (Å²) in [6.45, 7) is 1.81. The van der Waals surface area contributed by atoms with Crippen LogP contribution in [0.4, 0.5) is 0 Å². The van der Waals surface area contributed by atoms with Gasteiger partial charge in [-0.3, -0.25) is 4.79 Å². The zero-order valence-electron chi connectivity index (χ0n) is 13.7. The van der Waals surface area contributed by atoms with Gasteiger partial charge in [0.1, 0.15) is 5.52 Å². The van der Waals surface area contributed by atoms with Crippen LogP contribution in [0.5, 0.6) is 0 Å². The molecule has 7 nitrogen and oxygen atoms in total. The number of oxazole rings is 1. The van der Waals surface area contributed by atoms with Gasteiger partial charge in [-0.05, 0) is 42.8 Å². The number of rotatable bonds is 3. The molecule has 0 amide bonds. The largest absolute Gasteiger partial charge is 0.478 e. The van der Waals surface area contributed by atoms with Crippen molar-refractivity contribution in [2.75, 3.05) is 0 Å². The number of aromatic carboxylic acids is 1. The molecule has 0 bridgehead atoms. The fourth-order valence-electron chi connectivity index (χ4n) is 2.77. The van der Waals surface area contributed by atoms with Gasteiger partial charge in [0, 0.05) is 17.2 Å². The van der Waals surface area contributed by atoms with Crippen LogP contribution in [-0.4, -0.2) is 26.3 Å². The first-order valence-corrected chi connectivity index (χ1v) is 7.82. The van der Waals surface area contributed by atoms with E-state index in [2.05, 4.69) is 15.2 Å². The summed E-state index contributed by atoms with van der Waals surface area (Å²) in [7, 11) is 0. The normalized spacial score (nSPS) is 11.0. The minimum atomic E-state index is -1.01. The maximum Gasteiger partial charge on any atom is 0.335 e. The molecule has 2 heterocycles. The summed E-state index contributed by atoms with van der Waals surface area (Å²) in [5, 5.41) is 15.6. The van der Waals surface area contributed by atoms with Crippen LogP contribution in [0.25, 0.3) is 33.8 Å². The van der Waals surface area contributed by atoms with Gasteiger partial charge in [-0.15, -0.1) is 0 Å². The van der Waals surface area contributed by atoms with Gasteiger partial charge in [0.05, 0.1) is 11.3 Å². The molecule has 2 aromatic heterocycles. The van der Waals surface area contributed by atoms with Crippen molar-refractivity contribution in [3.8, 4) is 22.7 Å². The average Bonchev–Trinajstić information content (AvgIpc) is 3.05. The van der Waals surface area contributed by atoms with Gasteiger partial charge in [-0.1, -0.05) is 12.1 Å². The number of carboxylic acids is 1. The Morgan fingerprint density at radius 3 is 2.73 bits per heavy atom. The number of aryl methyl sites for hydroxylation is 1. The highest BCUT2D eigenvalue weighted by Gasteiger charge is 2.13. The van der Waals surface area contributed by atoms with Gasteiger partial charge >= 0.3 is 5.97 Å². The highest BCUT2D eigenvalue weighted by molar-refractivity contribution is 5.89. The third-order valence-corrected chi connectivity index (χ3v) is 4.02. The number of nitrogens with one attached hydrogen (secondary N) is 1. The molecule has 0 unspecified atom stereocenters. The first-order chi connectivity index (χ1) is 12.5. The lowest BCUT2D eigenvalue weighted by atomic mass is 10.1. The lowest BCUT2D eigenvalue weighted by molar-refractivity contribution is 0.0697. The van der Waals surface area contributed by atoms with E-state index in [1.807, 2.05) is 13.0 Å². The molecule has 0 radical (unpaired) electrons. The molecule has 2 aromatic carbocycles. The van der Waals surface area contributed by atoms with Gasteiger partial charge in [-0.2, -0.15) is 5.10 Å². The van der Waals surface area contributed by atoms with E-state index >= 15 is 0 Å². The first-order valence-electron chi connectivity index (χ1n) is 7.82. The summed E-state index contributed by atoms with van der Waals surface area (Å²) in [5.41, 5.74) is 3.87. The molecule has 0 aliphatic rings. The van der Waals surface area contributed by atoms with Gasteiger partial charge in [0.15, 0.2) is 5.58 Å². The number of H-pyrrole nitrogens is 1. The number of carboxylic acid groups (broad SMARTS) is 1. The van der Waals surface area contributed by atoms with E-state index in [-0.39, 0.29) is 11.1 Å². The van der Waals surface area contributed by atoms with Crippen molar-refractivity contribution in [1.82, 2.24) is 15.2 Å². The quantitative estimate of drug-likeness (QED) is 0.589. The Bertz CT molecular complexity index is 1210. The SMILES string of the molecule is Cc1cc(=O)[nH]nc1-c1ccc2nc(-c3cccc(C(=O)O)c3)oc2c1. The number of hydrogen-bond acceptors (Lipinski definition) is 5. The molecule has 0 atom stereocenters. The standard InChI is InChI=1S/C19H13N3O4/c1-10-7-16(23)21-22-17(10)11-5-6-14-15(9-11)26-18(20-14)12-3-2-4-13(8-12)19(24)25/h2-9H,1H3,(H,21,23)(H,24,25). The van der Waals surface area contributed by atoms with E-state index in [0.29, 0.717) is 28.2 Å². The highest BCUT2D eigenvalue weighted by Crippen LogP contribution is 2.29. The second kappa shape index (κ2) is 5.96. The van der Waals surface area contributed by atoms with Crippen LogP contribution in [0.15, 0.2) is 57.7 Å². The molecular formula is C19H13N3O4. The van der Waals surface area contributed by atoms with Gasteiger partial charge < -0.3 is 9.52 Å². The van der Waals surface area contributed by atoms with Crippen LogP contribution in [0, 0.1) is 6.92 Å². The maximum absolute atomic E-state index is 11.3. The summed E-state index contributed by atoms with van der Waals surface area (Å²) in [4.78, 5) is 26.9. The van der Waals surface area contributed by atoms with Crippen LogP contribution in [-0.2, 0) is 0 Å². The molecule has 0 aliphatic heterocycles. The topological polar surface area (TPSA) is 109 Å². The molecule has 0 spiro atoms. The molecule has 0 saturated carbocycles. The number of hydrogen-bond donors (Lipinski definition) is 2. The second-order valence-electron chi connectivity index (χ2n) is 5.85. The number of aromatic nitrogens is 3. The van der Waals surface area contributed by atoms with Crippen molar-refractivity contribution in [3.05, 3.63) is 70.0 Å². The smallest absolute Gasteiger partial charge is 0.335 e. The summed E-state index contributed by atoms with van der Waals surface area (Å²) >= 11 is 0. The number of benzene rings is 2. The fourth-order valence-corrected chi connectivity index (χ4v) is 2.77. The Labute approximate surface area is 146 Å². The molecule has 0 fully saturated rings. The van der Waals surface area contributed by atoms with E-state index in [1.165, 1.54) is 18.2 Å². The summed E-state index contributed by atoms with van der Waals surface area (Å²) < 4.78 is 5.81. The first kappa shape index (κ1) is 15.8. The maximum atomic E-state index is 11.3. The fraction of sp³-hybridized carbons (Fsp3) is 0.0526. The van der Waals surface area contributed by atoms with Crippen molar-refractivity contribution in [2.45, 2.75) is 6.92 Å². The van der Waals surface area contributed by atoms with Gasteiger partial charge in [0.25, 0.3) is 5.56 Å². The molecule has 4 aromatic rings. The van der Waals surface area contributed by atoms with E-state index in [9.17, 15) is 9.59 Å². The summed E-state index contributed by atoms with van der Waals surface area (Å²) in [6, 6.07) is 13.3. The minimum absolute atomic E-state index is 0.165. The van der Waals surface area contributed by atoms with Crippen LogP contribution in [0.1, 0.15) is 15.9 Å². The Hall–Kier alpha value is -3.74. The monoisotopic (exact) mass is 347 g/mol. The molecular weight excluding hydrogens is 334 g/mol. The number of fused-ring (bicyclic) bond motifs is 1. The van der Waals surface area contributed by atoms with Crippen molar-refractivity contribution < 1.29 is 14.3 Å². The van der Waals surface area contributed by atoms with E-state index in [4.69, 9.17) is 9.52 Å². The number of aromatic amines is 1. The lowest BCUT2D eigenvalue weighted by Gasteiger charge is -2.02. The van der Waals surface area contributed by atoms with Crippen molar-refractivity contribution in [1.29, 1.82) is 0 Å². The van der Waals surface area contributed by atoms with E-state index < -0.39 is 5.97 Å². The highest BCUT2D eigenvalue weighted by atomic mass is 16.4. The van der Waals surface area contributed by atoms with Crippen LogP contribution in [0.3, 0.4) is 0 Å². The molecule has 2 N–H and O–H groups in total. The number of nitrogens with zero attached hydrogens (tertiary/aromatic N) is 2. The third kappa shape index (κ3) is 2.75. The zero-order valence-corrected chi connectivity index (χ0v) is 13.7. The van der Waals surface area contributed by atoms with Gasteiger partial charge in [-0.25, -0.2) is 14.9 Å². The van der Waals surface area contributed by atoms with Gasteiger partial charge in [0.2, 0.25) is 5.89 Å². The Morgan fingerprint density at radius 1 is 1.12 bits per heavy atom. The third-order valence-electron chi connectivity index (χ3n) is 4.02. The second-order valence-corrected chi connectivity index (χ2v) is 5.85. The molecule has 0 aliphatic carbocycles. The van der Waals surface area contributed by atoms with Crippen LogP contribution >= 0.6 is 0 Å². The molecule has 4 rings (SSSR count). The Balaban J connectivity index is 1.80. The zero-order chi connectivity index (χ0) is 18.3. The Morgan fingerprint density at radius 2 is 1.96 bits per heavy atom. The predicted molar refractivity (Wildman–Crippen MR) is 95.0 cm³/mol. The predicted octanol–water partition coefficient (Wildman–Crippen LogP) is 3.25. The minimum Gasteiger partial charge on any atom is -0.478 e. The summed E-state index contributed by atoms with van der Waals surface area (Å²) in [6.07, 6.45) is 0. The average molecular weight is 347 g/mol. The van der Waals surface area contributed by atoms with E-state index in [0.717, 1.165) is 11.1 Å². The molecule has 26 heavy (non-hydrogen) atoms. The van der Waals surface area contributed by atoms with Crippen LogP contribution < -0.4 is 5.56 Å². The van der Waals surface area contributed by atoms with Crippen molar-refractivity contribution in [2.24, 2.45) is 0 Å². The number of carbonyl (C=O) groups is 1. The summed E-state index contributed by atoms with van der Waals surface area (Å²) in [5.74, 6) is -0.670. The van der Waals surface area contributed by atoms with E-state index in [1.54, 1.807) is 24.3 Å². The molecule has 0 saturated heterocycles. The van der Waals surface area contributed by atoms with Crippen molar-refractivity contribution in [3.63, 3.8) is 0 Å². The van der Waals surface area contributed by atoms with Crippen LogP contribution in [0.2, 0.25) is 0 Å². The Kier molecular flexibility index (Phi) is 3.62. The molecule has 7 heteroatoms.